The van der Waals surface area contributed by atoms with Crippen LogP contribution >= 0.6 is 0 Å². The van der Waals surface area contributed by atoms with Crippen LogP contribution in [0.3, 0.4) is 0 Å². The Balaban J connectivity index is 1.02. The molecule has 9 aliphatic heterocycles. The number of amides is 4. The average molecular weight is 1790 g/mol. The predicted molar refractivity (Wildman–Crippen MR) is 375 cm³/mol. The number of rotatable bonds is 33. The Morgan fingerprint density at radius 3 is 1.02 bits per heavy atom. The molecule has 31 N–H and O–H groups in total. The van der Waals surface area contributed by atoms with Gasteiger partial charge in [-0.3, -0.25) is 19.2 Å². The van der Waals surface area contributed by atoms with Crippen LogP contribution in [0.15, 0.2) is 0 Å². The molecule has 9 fully saturated rings. The fourth-order valence-electron chi connectivity index (χ4n) is 15.8. The molecule has 0 aliphatic carbocycles. The van der Waals surface area contributed by atoms with Gasteiger partial charge in [0, 0.05) is 40.5 Å². The van der Waals surface area contributed by atoms with E-state index >= 15 is 0 Å². The van der Waals surface area contributed by atoms with Crippen molar-refractivity contribution < 1.29 is 247 Å². The smallest absolute Gasteiger partial charge is 0.364 e. The van der Waals surface area contributed by atoms with E-state index in [9.17, 15) is 167 Å². The maximum atomic E-state index is 13.5. The molecule has 54 nitrogen and oxygen atoms in total. The first-order chi connectivity index (χ1) is 57.3. The number of carbonyl (C=O) groups is 6. The van der Waals surface area contributed by atoms with Crippen LogP contribution in [-0.2, 0) is 109 Å². The van der Waals surface area contributed by atoms with Crippen LogP contribution in [-0.4, -0.2) is 507 Å². The van der Waals surface area contributed by atoms with Crippen LogP contribution in [0.5, 0.6) is 0 Å². The van der Waals surface area contributed by atoms with Gasteiger partial charge in [0.2, 0.25) is 23.6 Å². The fourth-order valence-corrected chi connectivity index (χ4v) is 15.8. The van der Waals surface area contributed by atoms with Crippen molar-refractivity contribution in [2.24, 2.45) is 0 Å². The lowest BCUT2D eigenvalue weighted by molar-refractivity contribution is -0.397. The second kappa shape index (κ2) is 42.6. The van der Waals surface area contributed by atoms with Gasteiger partial charge in [-0.25, -0.2) is 9.59 Å². The van der Waals surface area contributed by atoms with Crippen molar-refractivity contribution in [3.8, 4) is 0 Å². The van der Waals surface area contributed by atoms with E-state index in [1.807, 2.05) is 0 Å². The summed E-state index contributed by atoms with van der Waals surface area (Å²) in [5.74, 6) is -14.9. The van der Waals surface area contributed by atoms with E-state index in [-0.39, 0.29) is 0 Å². The number of carbonyl (C=O) groups excluding carboxylic acids is 4. The largest absolute Gasteiger partial charge is 0.477 e. The van der Waals surface area contributed by atoms with Crippen LogP contribution in [0.2, 0.25) is 0 Å². The predicted octanol–water partition coefficient (Wildman–Crippen LogP) is -19.6. The summed E-state index contributed by atoms with van der Waals surface area (Å²) < 4.78 is 101. The first-order valence-corrected chi connectivity index (χ1v) is 38.6. The lowest BCUT2D eigenvalue weighted by atomic mass is 9.88. The van der Waals surface area contributed by atoms with Crippen molar-refractivity contribution in [1.82, 2.24) is 21.3 Å². The molecule has 122 heavy (non-hydrogen) atoms. The summed E-state index contributed by atoms with van der Waals surface area (Å²) in [5.41, 5.74) is 0. The second-order valence-corrected chi connectivity index (χ2v) is 31.0. The standard InChI is InChI=1S/C68H112N4O50/c1-16-35(87)42(94)44(96)61(107-16)116-53-33(71-20(5)81)59(112-28(13-77)49(53)114-63-47(99)56(39(91)26(11-75)110-63)121-67(65(102)103)7-22(83)31(69-18(3)79)51(119-67)37(89)24(85)9-73)106-15-30-41(93)55(46(98)58(101)109-30)118-60-34(72-21(6)82)54(117-62-45(97)43(95)36(88)17(2)108-62)50(29(14-78)113-60)115-64-48(100)57(40(92)27(12-76)111-64)122-68(66(104)105)8-23(84)32(70-19(4)80)52(120-68)38(90)25(86)10-74/h16-17,22-64,73-78,83-101H,7-15H2,1-6H3,(H,69,79)(H,70,80)(H,71,81)(H,72,82)(H,102,103)(H,104,105)/t16-,17-,22-,23-,24+,25+,26+,27+,28+,29+,30+,31+,32+,33+,34+,35+,36+,37+,38+,39-,40-,41-,42+,43+,44-,45-,46+,47+,48+,49+,50+,51+,52+,53+,54+,55-,56-,57-,58+,59+,60-,61-,62-,63-,64-,67-,68-/m0/s1. The van der Waals surface area contributed by atoms with E-state index in [0.717, 1.165) is 27.7 Å². The van der Waals surface area contributed by atoms with Crippen molar-refractivity contribution in [1.29, 1.82) is 0 Å². The number of aliphatic hydroxyl groups is 25. The summed E-state index contributed by atoms with van der Waals surface area (Å²) in [4.78, 5) is 78.4. The second-order valence-electron chi connectivity index (χ2n) is 31.0. The van der Waals surface area contributed by atoms with Crippen molar-refractivity contribution >= 4 is 35.6 Å². The number of ether oxygens (including phenoxy) is 17. The van der Waals surface area contributed by atoms with E-state index in [1.165, 1.54) is 13.8 Å². The molecule has 9 heterocycles. The van der Waals surface area contributed by atoms with Crippen LogP contribution in [0.1, 0.15) is 54.4 Å². The van der Waals surface area contributed by atoms with Crippen molar-refractivity contribution in [2.45, 2.75) is 342 Å². The number of hydrogen-bond acceptors (Lipinski definition) is 48. The molecule has 54 heteroatoms. The Morgan fingerprint density at radius 2 is 0.672 bits per heavy atom. The van der Waals surface area contributed by atoms with Crippen LogP contribution < -0.4 is 21.3 Å². The highest BCUT2D eigenvalue weighted by Gasteiger charge is 2.65. The molecule has 0 unspecified atom stereocenters. The van der Waals surface area contributed by atoms with Crippen molar-refractivity contribution in [2.75, 3.05) is 46.2 Å². The monoisotopic (exact) mass is 1780 g/mol. The molecule has 0 bridgehead atoms. The van der Waals surface area contributed by atoms with Crippen LogP contribution in [0.25, 0.3) is 0 Å². The molecule has 47 atom stereocenters. The van der Waals surface area contributed by atoms with Crippen molar-refractivity contribution in [3.05, 3.63) is 0 Å². The molecule has 704 valence electrons. The third-order valence-corrected chi connectivity index (χ3v) is 22.2. The summed E-state index contributed by atoms with van der Waals surface area (Å²) in [6, 6.07) is -7.67. The molecule has 4 amide bonds. The first-order valence-electron chi connectivity index (χ1n) is 38.6. The zero-order valence-corrected chi connectivity index (χ0v) is 65.8. The molecule has 0 saturated carbocycles. The van der Waals surface area contributed by atoms with Gasteiger partial charge in [-0.1, -0.05) is 0 Å². The molecule has 0 aromatic rings. The number of nitrogens with one attached hydrogen (secondary N) is 4. The topological polar surface area (TPSA) is 854 Å². The molecule has 9 saturated heterocycles. The molecule has 9 rings (SSSR count). The Kier molecular flexibility index (Phi) is 35.2. The summed E-state index contributed by atoms with van der Waals surface area (Å²) >= 11 is 0. The molecular weight excluding hydrogens is 1670 g/mol. The molecule has 9 aliphatic rings. The van der Waals surface area contributed by atoms with E-state index in [4.69, 9.17) is 80.5 Å². The van der Waals surface area contributed by atoms with Crippen LogP contribution in [0, 0.1) is 0 Å². The number of aliphatic carboxylic acids is 2. The lowest BCUT2D eigenvalue weighted by Gasteiger charge is -2.52. The number of carboxylic acids is 2. The van der Waals surface area contributed by atoms with Gasteiger partial charge >= 0.3 is 11.9 Å². The maximum Gasteiger partial charge on any atom is 0.364 e. The van der Waals surface area contributed by atoms with Crippen molar-refractivity contribution in [3.63, 3.8) is 0 Å². The number of hydrogen-bond donors (Lipinski definition) is 31. The average Bonchev–Trinajstić information content (AvgIpc) is 0.754. The number of aliphatic hydroxyl groups excluding tert-OH is 25. The Labute approximate surface area is 690 Å². The SMILES string of the molecule is CC(=O)N[C@H]1[C@H](OC[C@H]2O[C@@H](O)[C@H](O)[C@@H](O[C@@H]3O[C@H](CO)[C@@H](O[C@@H]4O[C@H](CO)[C@H](O)[C@H](O[C@]5(C(=O)O)C[C@H](O)[C@@H](NC(C)=O)[C@H]([C@H](O)[C@H](O)CO)O5)[C@H]4O)[C@H](O[C@@H]4O[C@@H](C)[C@@H](O)[C@@H](O)[C@@H]4O)[C@H]3NC(C)=O)[C@H]2O)O[C@H](CO)[C@@H](O[C@@H]2O[C@H](CO)[C@H](O)[C@H](O[C@]3(C(=O)O)C[C@H](O)[C@@H](NC(C)=O)[C@H]([C@H](O)[C@H](O)CO)O3)[C@H]2O)[C@@H]1O[C@@H]1O[C@@H](C)[C@@H](O)[C@@H](O)[C@@H]1O. The minimum atomic E-state index is -3.35. The van der Waals surface area contributed by atoms with Gasteiger partial charge in [0.15, 0.2) is 44.0 Å². The van der Waals surface area contributed by atoms with E-state index in [0.29, 0.717) is 0 Å². The molecule has 0 aromatic heterocycles. The Morgan fingerprint density at radius 1 is 0.352 bits per heavy atom. The number of carboxylic acid groups (broad SMARTS) is 2. The van der Waals surface area contributed by atoms with Crippen LogP contribution in [0.4, 0.5) is 0 Å². The normalized spacial score (nSPS) is 46.9. The summed E-state index contributed by atoms with van der Waals surface area (Å²) in [5, 5.41) is 310. The van der Waals surface area contributed by atoms with Gasteiger partial charge in [-0.2, -0.15) is 0 Å². The minimum absolute atomic E-state index is 0.872. The van der Waals surface area contributed by atoms with E-state index in [1.54, 1.807) is 0 Å². The lowest BCUT2D eigenvalue weighted by Crippen LogP contribution is -2.72. The van der Waals surface area contributed by atoms with Gasteiger partial charge in [0.1, 0.15) is 195 Å². The fraction of sp³-hybridized carbons (Fsp3) is 0.912. The minimum Gasteiger partial charge on any atom is -0.477 e. The Hall–Kier alpha value is -4.86. The first kappa shape index (κ1) is 101. The highest BCUT2D eigenvalue weighted by Crippen LogP contribution is 2.44. The summed E-state index contributed by atoms with van der Waals surface area (Å²) in [6.45, 7) is -2.66. The van der Waals surface area contributed by atoms with Gasteiger partial charge in [0.05, 0.1) is 82.7 Å². The third kappa shape index (κ3) is 21.8. The zero-order valence-electron chi connectivity index (χ0n) is 65.8. The van der Waals surface area contributed by atoms with Gasteiger partial charge in [0.25, 0.3) is 11.6 Å². The molecular formula is C68H112N4O50. The van der Waals surface area contributed by atoms with Gasteiger partial charge < -0.3 is 240 Å². The molecule has 0 radical (unpaired) electrons. The summed E-state index contributed by atoms with van der Waals surface area (Å²) in [7, 11) is 0. The Bertz CT molecular complexity index is 3410. The zero-order chi connectivity index (χ0) is 90.7. The highest BCUT2D eigenvalue weighted by atomic mass is 16.8. The summed E-state index contributed by atoms with van der Waals surface area (Å²) in [6.07, 6.45) is -92.6. The van der Waals surface area contributed by atoms with E-state index < -0.39 is 382 Å². The third-order valence-electron chi connectivity index (χ3n) is 22.2. The molecule has 0 aromatic carbocycles. The van der Waals surface area contributed by atoms with Gasteiger partial charge in [-0.15, -0.1) is 0 Å². The quantitative estimate of drug-likeness (QED) is 0.0290. The van der Waals surface area contributed by atoms with E-state index in [2.05, 4.69) is 21.3 Å². The maximum absolute atomic E-state index is 13.5. The molecule has 0 spiro atoms. The highest BCUT2D eigenvalue weighted by molar-refractivity contribution is 5.78. The van der Waals surface area contributed by atoms with Gasteiger partial charge in [-0.05, 0) is 13.8 Å².